The highest BCUT2D eigenvalue weighted by molar-refractivity contribution is 5.97. The Kier molecular flexibility index (Phi) is 4.75. The molecule has 1 aromatic heterocycles. The molecule has 0 aliphatic carbocycles. The lowest BCUT2D eigenvalue weighted by atomic mass is 10.2. The molecule has 0 aliphatic rings. The second kappa shape index (κ2) is 7.13. The molecule has 5 heteroatoms. The molecular formula is C20H18N2O3. The van der Waals surface area contributed by atoms with Gasteiger partial charge in [-0.3, -0.25) is 4.79 Å². The van der Waals surface area contributed by atoms with Crippen molar-refractivity contribution in [2.75, 3.05) is 5.32 Å². The Balaban J connectivity index is 1.67. The fraction of sp³-hybridized carbons (Fsp3) is 0.150. The second-order valence-corrected chi connectivity index (χ2v) is 5.80. The van der Waals surface area contributed by atoms with Crippen LogP contribution in [0.5, 0.6) is 0 Å². The predicted molar refractivity (Wildman–Crippen MR) is 96.4 cm³/mol. The van der Waals surface area contributed by atoms with Crippen molar-refractivity contribution in [1.29, 1.82) is 0 Å². The van der Waals surface area contributed by atoms with Crippen LogP contribution in [0.4, 0.5) is 5.69 Å². The van der Waals surface area contributed by atoms with Gasteiger partial charge >= 0.3 is 5.97 Å². The Morgan fingerprint density at radius 1 is 1.04 bits per heavy atom. The van der Waals surface area contributed by atoms with Crippen LogP contribution in [0.3, 0.4) is 0 Å². The summed E-state index contributed by atoms with van der Waals surface area (Å²) in [5, 5.41) is 3.67. The van der Waals surface area contributed by atoms with E-state index in [1.807, 2.05) is 49.4 Å². The first-order chi connectivity index (χ1) is 12.0. The van der Waals surface area contributed by atoms with Crippen LogP contribution < -0.4 is 5.32 Å². The van der Waals surface area contributed by atoms with Crippen molar-refractivity contribution in [3.8, 4) is 0 Å². The number of aromatic nitrogens is 1. The maximum atomic E-state index is 12.2. The minimum atomic E-state index is -0.929. The molecule has 0 saturated carbocycles. The van der Waals surface area contributed by atoms with Crippen LogP contribution >= 0.6 is 0 Å². The van der Waals surface area contributed by atoms with Gasteiger partial charge in [-0.15, -0.1) is 0 Å². The van der Waals surface area contributed by atoms with Gasteiger partial charge in [-0.25, -0.2) is 9.78 Å². The molecule has 0 unspecified atom stereocenters. The molecule has 1 heterocycles. The lowest BCUT2D eigenvalue weighted by Gasteiger charge is -2.13. The number of para-hydroxylation sites is 1. The van der Waals surface area contributed by atoms with Crippen LogP contribution in [-0.4, -0.2) is 23.0 Å². The number of hydrogen-bond acceptors (Lipinski definition) is 4. The number of nitrogens with one attached hydrogen (secondary N) is 1. The van der Waals surface area contributed by atoms with E-state index in [2.05, 4.69) is 10.3 Å². The van der Waals surface area contributed by atoms with Gasteiger partial charge in [0.15, 0.2) is 6.10 Å². The average molecular weight is 334 g/mol. The molecule has 1 atom stereocenters. The number of esters is 1. The zero-order valence-corrected chi connectivity index (χ0v) is 14.0. The minimum absolute atomic E-state index is 0.175. The molecule has 0 radical (unpaired) electrons. The number of benzene rings is 2. The maximum Gasteiger partial charge on any atom is 0.357 e. The van der Waals surface area contributed by atoms with Crippen molar-refractivity contribution in [3.05, 3.63) is 71.9 Å². The van der Waals surface area contributed by atoms with Gasteiger partial charge in [-0.05, 0) is 43.7 Å². The molecular weight excluding hydrogens is 316 g/mol. The zero-order chi connectivity index (χ0) is 17.8. The molecule has 25 heavy (non-hydrogen) atoms. The Bertz CT molecular complexity index is 937. The molecule has 3 aromatic rings. The van der Waals surface area contributed by atoms with Gasteiger partial charge in [-0.1, -0.05) is 36.4 Å². The predicted octanol–water partition coefficient (Wildman–Crippen LogP) is 3.73. The monoisotopic (exact) mass is 334 g/mol. The number of carbonyl (C=O) groups is 2. The molecule has 0 aliphatic heterocycles. The summed E-state index contributed by atoms with van der Waals surface area (Å²) in [6, 6.07) is 18.3. The highest BCUT2D eigenvalue weighted by Crippen LogP contribution is 2.14. The van der Waals surface area contributed by atoms with Crippen molar-refractivity contribution < 1.29 is 14.3 Å². The number of aryl methyl sites for hydroxylation is 1. The first-order valence-corrected chi connectivity index (χ1v) is 7.97. The topological polar surface area (TPSA) is 68.3 Å². The number of rotatable bonds is 4. The van der Waals surface area contributed by atoms with E-state index >= 15 is 0 Å². The fourth-order valence-corrected chi connectivity index (χ4v) is 2.42. The number of ether oxygens (including phenoxy) is 1. The summed E-state index contributed by atoms with van der Waals surface area (Å²) in [6.07, 6.45) is -0.929. The van der Waals surface area contributed by atoms with Crippen LogP contribution in [0.1, 0.15) is 23.0 Å². The van der Waals surface area contributed by atoms with Crippen LogP contribution in [-0.2, 0) is 9.53 Å². The van der Waals surface area contributed by atoms with Gasteiger partial charge in [0.25, 0.3) is 5.91 Å². The van der Waals surface area contributed by atoms with Gasteiger partial charge in [0.2, 0.25) is 0 Å². The van der Waals surface area contributed by atoms with Gasteiger partial charge in [0.05, 0.1) is 5.52 Å². The quantitative estimate of drug-likeness (QED) is 0.738. The van der Waals surface area contributed by atoms with Crippen molar-refractivity contribution >= 4 is 28.5 Å². The van der Waals surface area contributed by atoms with Gasteiger partial charge in [0, 0.05) is 11.1 Å². The molecule has 0 spiro atoms. The Labute approximate surface area is 145 Å². The average Bonchev–Trinajstić information content (AvgIpc) is 2.61. The maximum absolute atomic E-state index is 12.2. The Morgan fingerprint density at radius 2 is 1.84 bits per heavy atom. The molecule has 2 aromatic carbocycles. The zero-order valence-electron chi connectivity index (χ0n) is 14.0. The Hall–Kier alpha value is -3.21. The van der Waals surface area contributed by atoms with Crippen molar-refractivity contribution in [2.24, 2.45) is 0 Å². The highest BCUT2D eigenvalue weighted by atomic mass is 16.5. The molecule has 1 amide bonds. The van der Waals surface area contributed by atoms with Gasteiger partial charge in [0.1, 0.15) is 5.69 Å². The summed E-state index contributed by atoms with van der Waals surface area (Å²) in [4.78, 5) is 28.7. The van der Waals surface area contributed by atoms with Crippen LogP contribution in [0.25, 0.3) is 10.9 Å². The number of carbonyl (C=O) groups excluding carboxylic acids is 2. The lowest BCUT2D eigenvalue weighted by molar-refractivity contribution is -0.123. The third-order valence-electron chi connectivity index (χ3n) is 3.75. The first kappa shape index (κ1) is 16.6. The normalized spacial score (nSPS) is 11.8. The fourth-order valence-electron chi connectivity index (χ4n) is 2.42. The molecule has 1 N–H and O–H groups in total. The molecule has 126 valence electrons. The number of hydrogen-bond donors (Lipinski definition) is 1. The third-order valence-corrected chi connectivity index (χ3v) is 3.75. The minimum Gasteiger partial charge on any atom is -0.448 e. The highest BCUT2D eigenvalue weighted by Gasteiger charge is 2.20. The molecule has 5 nitrogen and oxygen atoms in total. The lowest BCUT2D eigenvalue weighted by Crippen LogP contribution is -2.30. The van der Waals surface area contributed by atoms with E-state index in [0.29, 0.717) is 11.2 Å². The van der Waals surface area contributed by atoms with E-state index in [1.165, 1.54) is 6.92 Å². The summed E-state index contributed by atoms with van der Waals surface area (Å²) < 4.78 is 5.24. The van der Waals surface area contributed by atoms with Crippen LogP contribution in [0.15, 0.2) is 60.7 Å². The molecule has 0 bridgehead atoms. The van der Waals surface area contributed by atoms with Crippen LogP contribution in [0, 0.1) is 6.92 Å². The number of amides is 1. The SMILES string of the molecule is Cc1cccc(NC(=O)[C@H](C)OC(=O)c2ccc3ccccc3n2)c1. The smallest absolute Gasteiger partial charge is 0.357 e. The first-order valence-electron chi connectivity index (χ1n) is 7.97. The summed E-state index contributed by atoms with van der Waals surface area (Å²) in [5.41, 5.74) is 2.57. The van der Waals surface area contributed by atoms with Gasteiger partial charge < -0.3 is 10.1 Å². The van der Waals surface area contributed by atoms with E-state index in [0.717, 1.165) is 10.9 Å². The van der Waals surface area contributed by atoms with E-state index < -0.39 is 12.1 Å². The molecule has 0 fully saturated rings. The summed E-state index contributed by atoms with van der Waals surface area (Å²) in [5.74, 6) is -1.02. The van der Waals surface area contributed by atoms with E-state index in [9.17, 15) is 9.59 Å². The largest absolute Gasteiger partial charge is 0.448 e. The number of nitrogens with zero attached hydrogens (tertiary/aromatic N) is 1. The van der Waals surface area contributed by atoms with Crippen molar-refractivity contribution in [3.63, 3.8) is 0 Å². The summed E-state index contributed by atoms with van der Waals surface area (Å²) >= 11 is 0. The number of pyridine rings is 1. The third kappa shape index (κ3) is 4.01. The second-order valence-electron chi connectivity index (χ2n) is 5.80. The Morgan fingerprint density at radius 3 is 2.64 bits per heavy atom. The molecule has 0 saturated heterocycles. The standard InChI is InChI=1S/C20H18N2O3/c1-13-6-5-8-16(12-13)21-19(23)14(2)25-20(24)18-11-10-15-7-3-4-9-17(15)22-18/h3-12,14H,1-2H3,(H,21,23)/t14-/m0/s1. The molecule has 3 rings (SSSR count). The van der Waals surface area contributed by atoms with Crippen molar-refractivity contribution in [2.45, 2.75) is 20.0 Å². The van der Waals surface area contributed by atoms with E-state index in [-0.39, 0.29) is 11.6 Å². The number of fused-ring (bicyclic) bond motifs is 1. The van der Waals surface area contributed by atoms with Gasteiger partial charge in [-0.2, -0.15) is 0 Å². The van der Waals surface area contributed by atoms with E-state index in [4.69, 9.17) is 4.74 Å². The summed E-state index contributed by atoms with van der Waals surface area (Å²) in [6.45, 7) is 3.47. The number of anilines is 1. The summed E-state index contributed by atoms with van der Waals surface area (Å²) in [7, 11) is 0. The van der Waals surface area contributed by atoms with E-state index in [1.54, 1.807) is 18.2 Å². The van der Waals surface area contributed by atoms with Crippen LogP contribution in [0.2, 0.25) is 0 Å². The van der Waals surface area contributed by atoms with Crippen molar-refractivity contribution in [1.82, 2.24) is 4.98 Å².